The first kappa shape index (κ1) is 8.14. The van der Waals surface area contributed by atoms with Crippen LogP contribution in [-0.4, -0.2) is 16.0 Å². The van der Waals surface area contributed by atoms with Crippen molar-refractivity contribution in [1.82, 2.24) is 10.2 Å². The van der Waals surface area contributed by atoms with Gasteiger partial charge in [-0.3, -0.25) is 4.79 Å². The lowest BCUT2D eigenvalue weighted by Crippen LogP contribution is -2.00. The van der Waals surface area contributed by atoms with Crippen molar-refractivity contribution in [3.05, 3.63) is 22.5 Å². The van der Waals surface area contributed by atoms with Crippen LogP contribution in [0.15, 0.2) is 6.07 Å². The Morgan fingerprint density at radius 1 is 1.55 bits per heavy atom. The number of Topliss-reactive ketones (excluding diaryl/α,β-unsaturated/α-hetero) is 1. The standard InChI is InChI=1S/C7H7ClN2O/c1-4-6(5(2)11)3-7(8)10-9-4/h3H,1-2H3. The highest BCUT2D eigenvalue weighted by Crippen LogP contribution is 2.09. The summed E-state index contributed by atoms with van der Waals surface area (Å²) in [6.45, 7) is 3.19. The second-order valence-corrected chi connectivity index (χ2v) is 2.61. The third-order valence-corrected chi connectivity index (χ3v) is 1.51. The molecule has 0 spiro atoms. The van der Waals surface area contributed by atoms with Gasteiger partial charge >= 0.3 is 0 Å². The highest BCUT2D eigenvalue weighted by molar-refractivity contribution is 6.29. The smallest absolute Gasteiger partial charge is 0.161 e. The molecular formula is C7H7ClN2O. The van der Waals surface area contributed by atoms with E-state index in [2.05, 4.69) is 10.2 Å². The van der Waals surface area contributed by atoms with Gasteiger partial charge in [-0.1, -0.05) is 11.6 Å². The molecule has 1 aromatic rings. The number of ketones is 1. The molecule has 0 saturated heterocycles. The van der Waals surface area contributed by atoms with Gasteiger partial charge in [-0.05, 0) is 19.9 Å². The molecule has 4 heteroatoms. The molecule has 0 fully saturated rings. The maximum absolute atomic E-state index is 10.9. The second kappa shape index (κ2) is 2.96. The van der Waals surface area contributed by atoms with Crippen molar-refractivity contribution in [3.8, 4) is 0 Å². The second-order valence-electron chi connectivity index (χ2n) is 2.22. The van der Waals surface area contributed by atoms with Crippen LogP contribution in [0.2, 0.25) is 5.15 Å². The zero-order valence-electron chi connectivity index (χ0n) is 6.26. The van der Waals surface area contributed by atoms with Crippen molar-refractivity contribution in [2.75, 3.05) is 0 Å². The Balaban J connectivity index is 3.23. The zero-order chi connectivity index (χ0) is 8.43. The maximum Gasteiger partial charge on any atom is 0.161 e. The van der Waals surface area contributed by atoms with E-state index in [0.29, 0.717) is 11.3 Å². The Hall–Kier alpha value is -0.960. The molecular weight excluding hydrogens is 164 g/mol. The molecule has 0 aliphatic heterocycles. The van der Waals surface area contributed by atoms with Crippen molar-refractivity contribution in [2.45, 2.75) is 13.8 Å². The van der Waals surface area contributed by atoms with Gasteiger partial charge in [0.05, 0.1) is 5.69 Å². The molecule has 0 bridgehead atoms. The van der Waals surface area contributed by atoms with Crippen molar-refractivity contribution < 1.29 is 4.79 Å². The number of nitrogens with zero attached hydrogens (tertiary/aromatic N) is 2. The summed E-state index contributed by atoms with van der Waals surface area (Å²) in [5.41, 5.74) is 1.15. The van der Waals surface area contributed by atoms with E-state index in [4.69, 9.17) is 11.6 Å². The number of aryl methyl sites for hydroxylation is 1. The van der Waals surface area contributed by atoms with Crippen LogP contribution < -0.4 is 0 Å². The minimum absolute atomic E-state index is 0.0423. The first-order valence-corrected chi connectivity index (χ1v) is 3.50. The van der Waals surface area contributed by atoms with Gasteiger partial charge < -0.3 is 0 Å². The van der Waals surface area contributed by atoms with E-state index in [1.807, 2.05) is 0 Å². The lowest BCUT2D eigenvalue weighted by Gasteiger charge is -1.97. The fourth-order valence-corrected chi connectivity index (χ4v) is 0.932. The molecule has 0 aliphatic carbocycles. The Bertz CT molecular complexity index is 298. The molecule has 0 aliphatic rings. The summed E-state index contributed by atoms with van der Waals surface area (Å²) in [6, 6.07) is 1.52. The Kier molecular flexibility index (Phi) is 2.19. The molecule has 0 aromatic carbocycles. The minimum atomic E-state index is -0.0423. The lowest BCUT2D eigenvalue weighted by molar-refractivity contribution is 0.101. The molecule has 0 saturated carbocycles. The van der Waals surface area contributed by atoms with Crippen LogP contribution in [0.25, 0.3) is 0 Å². The summed E-state index contributed by atoms with van der Waals surface area (Å²) in [4.78, 5) is 10.9. The average Bonchev–Trinajstić information content (AvgIpc) is 1.94. The topological polar surface area (TPSA) is 42.9 Å². The van der Waals surface area contributed by atoms with Crippen LogP contribution in [0.3, 0.4) is 0 Å². The van der Waals surface area contributed by atoms with Gasteiger partial charge in [0.1, 0.15) is 0 Å². The molecule has 0 unspecified atom stereocenters. The van der Waals surface area contributed by atoms with Gasteiger partial charge in [-0.2, -0.15) is 5.10 Å². The number of carbonyl (C=O) groups excluding carboxylic acids is 1. The quantitative estimate of drug-likeness (QED) is 0.602. The molecule has 1 rings (SSSR count). The summed E-state index contributed by atoms with van der Waals surface area (Å²) in [5, 5.41) is 7.53. The number of rotatable bonds is 1. The number of halogens is 1. The van der Waals surface area contributed by atoms with Crippen molar-refractivity contribution in [1.29, 1.82) is 0 Å². The molecule has 0 N–H and O–H groups in total. The Labute approximate surface area is 69.4 Å². The number of carbonyl (C=O) groups is 1. The molecule has 3 nitrogen and oxygen atoms in total. The van der Waals surface area contributed by atoms with E-state index in [-0.39, 0.29) is 10.9 Å². The van der Waals surface area contributed by atoms with E-state index in [9.17, 15) is 4.79 Å². The van der Waals surface area contributed by atoms with Gasteiger partial charge in [-0.15, -0.1) is 5.10 Å². The highest BCUT2D eigenvalue weighted by atomic mass is 35.5. The summed E-state index contributed by atoms with van der Waals surface area (Å²) in [6.07, 6.45) is 0. The number of hydrogen-bond acceptors (Lipinski definition) is 3. The van der Waals surface area contributed by atoms with Crippen molar-refractivity contribution in [2.24, 2.45) is 0 Å². The summed E-state index contributed by atoms with van der Waals surface area (Å²) in [5.74, 6) is -0.0423. The third-order valence-electron chi connectivity index (χ3n) is 1.33. The van der Waals surface area contributed by atoms with Gasteiger partial charge in [0, 0.05) is 5.56 Å². The van der Waals surface area contributed by atoms with E-state index in [1.165, 1.54) is 13.0 Å². The average molecular weight is 171 g/mol. The zero-order valence-corrected chi connectivity index (χ0v) is 7.01. The fourth-order valence-electron chi connectivity index (χ4n) is 0.785. The first-order chi connectivity index (χ1) is 5.11. The number of hydrogen-bond donors (Lipinski definition) is 0. The molecule has 0 radical (unpaired) electrons. The van der Waals surface area contributed by atoms with Crippen LogP contribution in [0.4, 0.5) is 0 Å². The van der Waals surface area contributed by atoms with E-state index >= 15 is 0 Å². The lowest BCUT2D eigenvalue weighted by atomic mass is 10.1. The van der Waals surface area contributed by atoms with E-state index in [1.54, 1.807) is 6.92 Å². The predicted octanol–water partition coefficient (Wildman–Crippen LogP) is 1.64. The molecule has 1 aromatic heterocycles. The van der Waals surface area contributed by atoms with E-state index in [0.717, 1.165) is 0 Å². The first-order valence-electron chi connectivity index (χ1n) is 3.12. The summed E-state index contributed by atoms with van der Waals surface area (Å²) < 4.78 is 0. The SMILES string of the molecule is CC(=O)c1cc(Cl)nnc1C. The van der Waals surface area contributed by atoms with Crippen LogP contribution in [0, 0.1) is 6.92 Å². The highest BCUT2D eigenvalue weighted by Gasteiger charge is 2.05. The van der Waals surface area contributed by atoms with Gasteiger partial charge in [0.15, 0.2) is 10.9 Å². The predicted molar refractivity (Wildman–Crippen MR) is 41.8 cm³/mol. The van der Waals surface area contributed by atoms with Crippen molar-refractivity contribution >= 4 is 17.4 Å². The molecule has 11 heavy (non-hydrogen) atoms. The molecule has 1 heterocycles. The fraction of sp³-hybridized carbons (Fsp3) is 0.286. The van der Waals surface area contributed by atoms with Gasteiger partial charge in [0.2, 0.25) is 0 Å². The molecule has 58 valence electrons. The Morgan fingerprint density at radius 3 is 2.64 bits per heavy atom. The molecule has 0 amide bonds. The Morgan fingerprint density at radius 2 is 2.18 bits per heavy atom. The van der Waals surface area contributed by atoms with Gasteiger partial charge in [-0.25, -0.2) is 0 Å². The largest absolute Gasteiger partial charge is 0.294 e. The third kappa shape index (κ3) is 1.74. The van der Waals surface area contributed by atoms with Gasteiger partial charge in [0.25, 0.3) is 0 Å². The van der Waals surface area contributed by atoms with Crippen molar-refractivity contribution in [3.63, 3.8) is 0 Å². The van der Waals surface area contributed by atoms with E-state index < -0.39 is 0 Å². The number of aromatic nitrogens is 2. The van der Waals surface area contributed by atoms with Crippen LogP contribution >= 0.6 is 11.6 Å². The normalized spacial score (nSPS) is 9.73. The maximum atomic E-state index is 10.9. The summed E-state index contributed by atoms with van der Waals surface area (Å²) >= 11 is 5.54. The van der Waals surface area contributed by atoms with Crippen LogP contribution in [0.1, 0.15) is 23.0 Å². The van der Waals surface area contributed by atoms with Crippen LogP contribution in [-0.2, 0) is 0 Å². The van der Waals surface area contributed by atoms with Crippen LogP contribution in [0.5, 0.6) is 0 Å². The minimum Gasteiger partial charge on any atom is -0.294 e. The monoisotopic (exact) mass is 170 g/mol. The molecule has 0 atom stereocenters. The summed E-state index contributed by atoms with van der Waals surface area (Å²) in [7, 11) is 0.